The van der Waals surface area contributed by atoms with E-state index >= 15 is 0 Å². The van der Waals surface area contributed by atoms with Crippen LogP contribution in [0.25, 0.3) is 0 Å². The van der Waals surface area contributed by atoms with Gasteiger partial charge < -0.3 is 19.7 Å². The van der Waals surface area contributed by atoms with Crippen LogP contribution in [0.5, 0.6) is 0 Å². The quantitative estimate of drug-likeness (QED) is 0.782. The maximum absolute atomic E-state index is 12.6. The van der Waals surface area contributed by atoms with Gasteiger partial charge >= 0.3 is 6.09 Å². The van der Waals surface area contributed by atoms with E-state index < -0.39 is 6.43 Å². The van der Waals surface area contributed by atoms with E-state index in [-0.39, 0.29) is 24.4 Å². The second kappa shape index (κ2) is 10.1. The highest BCUT2D eigenvalue weighted by Crippen LogP contribution is 2.18. The zero-order chi connectivity index (χ0) is 19.8. The molecule has 0 bridgehead atoms. The zero-order valence-corrected chi connectivity index (χ0v) is 15.5. The first kappa shape index (κ1) is 20.2. The molecule has 5 nitrogen and oxygen atoms in total. The summed E-state index contributed by atoms with van der Waals surface area (Å²) in [7, 11) is 0. The molecule has 2 aromatic rings. The average molecular weight is 390 g/mol. The fourth-order valence-electron chi connectivity index (χ4n) is 2.98. The number of ether oxygens (including phenoxy) is 2. The van der Waals surface area contributed by atoms with Crippen molar-refractivity contribution in [1.82, 2.24) is 10.2 Å². The first-order chi connectivity index (χ1) is 13.6. The van der Waals surface area contributed by atoms with Crippen molar-refractivity contribution >= 4 is 6.09 Å². The average Bonchev–Trinajstić information content (AvgIpc) is 2.73. The van der Waals surface area contributed by atoms with Crippen LogP contribution >= 0.6 is 0 Å². The lowest BCUT2D eigenvalue weighted by Crippen LogP contribution is -2.49. The summed E-state index contributed by atoms with van der Waals surface area (Å²) in [6.07, 6.45) is -2.94. The number of hydrogen-bond donors (Lipinski definition) is 1. The molecule has 1 heterocycles. The lowest BCUT2D eigenvalue weighted by Gasteiger charge is -2.32. The Labute approximate surface area is 163 Å². The first-order valence-corrected chi connectivity index (χ1v) is 9.27. The summed E-state index contributed by atoms with van der Waals surface area (Å²) in [5.74, 6) is 0. The van der Waals surface area contributed by atoms with Gasteiger partial charge in [0.25, 0.3) is 6.43 Å². The van der Waals surface area contributed by atoms with Crippen molar-refractivity contribution in [1.29, 1.82) is 0 Å². The van der Waals surface area contributed by atoms with Gasteiger partial charge in [0.05, 0.1) is 19.3 Å². The van der Waals surface area contributed by atoms with Crippen LogP contribution in [0.2, 0.25) is 0 Å². The highest BCUT2D eigenvalue weighted by Gasteiger charge is 2.25. The van der Waals surface area contributed by atoms with Crippen LogP contribution in [0.3, 0.4) is 0 Å². The number of morpholine rings is 1. The normalized spacial score (nSPS) is 17.0. The van der Waals surface area contributed by atoms with Gasteiger partial charge in [0.15, 0.2) is 0 Å². The number of amides is 1. The SMILES string of the molecule is O=C(OCc1ccccc1)N1CCOC(CNCc2ccc(C(F)F)cc2)C1. The van der Waals surface area contributed by atoms with E-state index in [2.05, 4.69) is 5.32 Å². The van der Waals surface area contributed by atoms with Crippen LogP contribution in [0, 0.1) is 0 Å². The molecule has 0 spiro atoms. The number of nitrogens with one attached hydrogen (secondary N) is 1. The maximum Gasteiger partial charge on any atom is 0.410 e. The number of alkyl halides is 2. The van der Waals surface area contributed by atoms with Crippen molar-refractivity contribution in [2.75, 3.05) is 26.2 Å². The lowest BCUT2D eigenvalue weighted by molar-refractivity contribution is -0.0271. The Morgan fingerprint density at radius 1 is 1.14 bits per heavy atom. The van der Waals surface area contributed by atoms with Crippen LogP contribution in [0.15, 0.2) is 54.6 Å². The zero-order valence-electron chi connectivity index (χ0n) is 15.5. The van der Waals surface area contributed by atoms with Crippen molar-refractivity contribution < 1.29 is 23.0 Å². The highest BCUT2D eigenvalue weighted by molar-refractivity contribution is 5.67. The number of halogens is 2. The molecular formula is C21H24F2N2O3. The Hall–Kier alpha value is -2.51. The molecule has 1 atom stereocenters. The molecule has 0 aliphatic carbocycles. The largest absolute Gasteiger partial charge is 0.445 e. The molecule has 1 N–H and O–H groups in total. The predicted octanol–water partition coefficient (Wildman–Crippen LogP) is 3.75. The third-order valence-corrected chi connectivity index (χ3v) is 4.53. The third-order valence-electron chi connectivity index (χ3n) is 4.53. The standard InChI is InChI=1S/C21H24F2N2O3/c22-20(23)18-8-6-16(7-9-18)12-24-13-19-14-25(10-11-27-19)21(26)28-15-17-4-2-1-3-5-17/h1-9,19-20,24H,10-15H2. The number of carbonyl (C=O) groups is 1. The van der Waals surface area contributed by atoms with E-state index in [1.54, 1.807) is 17.0 Å². The van der Waals surface area contributed by atoms with Gasteiger partial charge in [0, 0.05) is 25.2 Å². The van der Waals surface area contributed by atoms with Crippen LogP contribution < -0.4 is 5.32 Å². The second-order valence-electron chi connectivity index (χ2n) is 6.65. The molecule has 0 aromatic heterocycles. The summed E-state index contributed by atoms with van der Waals surface area (Å²) in [6.45, 7) is 2.75. The van der Waals surface area contributed by atoms with Crippen LogP contribution in [-0.4, -0.2) is 43.3 Å². The summed E-state index contributed by atoms with van der Waals surface area (Å²) in [6, 6.07) is 15.8. The molecule has 1 fully saturated rings. The van der Waals surface area contributed by atoms with E-state index in [4.69, 9.17) is 9.47 Å². The van der Waals surface area contributed by atoms with Crippen molar-refractivity contribution in [2.45, 2.75) is 25.7 Å². The minimum Gasteiger partial charge on any atom is -0.445 e. The molecule has 1 saturated heterocycles. The summed E-state index contributed by atoms with van der Waals surface area (Å²) in [5, 5.41) is 3.25. The minimum atomic E-state index is -2.45. The van der Waals surface area contributed by atoms with E-state index in [0.29, 0.717) is 32.8 Å². The highest BCUT2D eigenvalue weighted by atomic mass is 19.3. The van der Waals surface area contributed by atoms with Crippen LogP contribution in [-0.2, 0) is 22.6 Å². The Bertz CT molecular complexity index is 741. The van der Waals surface area contributed by atoms with Gasteiger partial charge in [-0.1, -0.05) is 54.6 Å². The van der Waals surface area contributed by atoms with Crippen LogP contribution in [0.1, 0.15) is 23.1 Å². The van der Waals surface area contributed by atoms with Crippen molar-refractivity contribution in [3.63, 3.8) is 0 Å². The number of carbonyl (C=O) groups excluding carboxylic acids is 1. The Morgan fingerprint density at radius 3 is 2.61 bits per heavy atom. The Balaban J connectivity index is 1.40. The van der Waals surface area contributed by atoms with Crippen molar-refractivity contribution in [3.8, 4) is 0 Å². The summed E-state index contributed by atoms with van der Waals surface area (Å²) in [4.78, 5) is 13.9. The summed E-state index contributed by atoms with van der Waals surface area (Å²) in [5.41, 5.74) is 1.88. The Morgan fingerprint density at radius 2 is 1.89 bits per heavy atom. The van der Waals surface area contributed by atoms with Gasteiger partial charge in [-0.25, -0.2) is 13.6 Å². The molecule has 7 heteroatoms. The third kappa shape index (κ3) is 6.00. The smallest absolute Gasteiger partial charge is 0.410 e. The number of hydrogen-bond acceptors (Lipinski definition) is 4. The van der Waals surface area contributed by atoms with Crippen LogP contribution in [0.4, 0.5) is 13.6 Å². The fourth-order valence-corrected chi connectivity index (χ4v) is 2.98. The van der Waals surface area contributed by atoms with E-state index in [1.165, 1.54) is 12.1 Å². The van der Waals surface area contributed by atoms with Crippen molar-refractivity contribution in [3.05, 3.63) is 71.3 Å². The second-order valence-corrected chi connectivity index (χ2v) is 6.65. The molecule has 1 aliphatic rings. The first-order valence-electron chi connectivity index (χ1n) is 9.27. The minimum absolute atomic E-state index is 0.0176. The van der Waals surface area contributed by atoms with E-state index in [9.17, 15) is 13.6 Å². The molecule has 2 aromatic carbocycles. The number of nitrogens with zero attached hydrogens (tertiary/aromatic N) is 1. The van der Waals surface area contributed by atoms with E-state index in [1.807, 2.05) is 30.3 Å². The molecule has 1 amide bonds. The fraction of sp³-hybridized carbons (Fsp3) is 0.381. The topological polar surface area (TPSA) is 50.8 Å². The van der Waals surface area contributed by atoms with E-state index in [0.717, 1.165) is 11.1 Å². The molecule has 28 heavy (non-hydrogen) atoms. The van der Waals surface area contributed by atoms with Gasteiger partial charge in [-0.05, 0) is 11.1 Å². The molecule has 1 unspecified atom stereocenters. The summed E-state index contributed by atoms with van der Waals surface area (Å²) >= 11 is 0. The van der Waals surface area contributed by atoms with Gasteiger partial charge in [0.1, 0.15) is 6.61 Å². The molecule has 150 valence electrons. The van der Waals surface area contributed by atoms with Gasteiger partial charge in [0.2, 0.25) is 0 Å². The monoisotopic (exact) mass is 390 g/mol. The van der Waals surface area contributed by atoms with Gasteiger partial charge in [-0.3, -0.25) is 0 Å². The number of rotatable bonds is 7. The molecular weight excluding hydrogens is 366 g/mol. The molecule has 0 saturated carbocycles. The van der Waals surface area contributed by atoms with Gasteiger partial charge in [-0.2, -0.15) is 0 Å². The lowest BCUT2D eigenvalue weighted by atomic mass is 10.1. The maximum atomic E-state index is 12.6. The Kier molecular flexibility index (Phi) is 7.33. The molecule has 3 rings (SSSR count). The van der Waals surface area contributed by atoms with Crippen molar-refractivity contribution in [2.24, 2.45) is 0 Å². The number of benzene rings is 2. The molecule has 0 radical (unpaired) electrons. The summed E-state index contributed by atoms with van der Waals surface area (Å²) < 4.78 is 36.2. The van der Waals surface area contributed by atoms with Gasteiger partial charge in [-0.15, -0.1) is 0 Å². The molecule has 1 aliphatic heterocycles. The predicted molar refractivity (Wildman–Crippen MR) is 101 cm³/mol.